The molecule has 0 atom stereocenters. The minimum absolute atomic E-state index is 0.0521. The van der Waals surface area contributed by atoms with Gasteiger partial charge in [-0.1, -0.05) is 52.8 Å². The molecule has 0 aliphatic carbocycles. The maximum Gasteiger partial charge on any atom is 0.323 e. The molecule has 2 N–H and O–H groups in total. The van der Waals surface area contributed by atoms with E-state index in [9.17, 15) is 9.18 Å². The minimum Gasteiger partial charge on any atom is -0.493 e. The largest absolute Gasteiger partial charge is 0.493 e. The second-order valence-corrected chi connectivity index (χ2v) is 11.9. The smallest absolute Gasteiger partial charge is 0.323 e. The van der Waals surface area contributed by atoms with E-state index in [2.05, 4.69) is 55.1 Å². The molecule has 2 heterocycles. The van der Waals surface area contributed by atoms with E-state index in [0.29, 0.717) is 35.6 Å². The van der Waals surface area contributed by atoms with E-state index < -0.39 is 11.8 Å². The summed E-state index contributed by atoms with van der Waals surface area (Å²) in [5, 5.41) is 5.29. The van der Waals surface area contributed by atoms with Crippen molar-refractivity contribution in [2.24, 2.45) is 11.8 Å². The number of nitrogens with zero attached hydrogens (tertiary/aromatic N) is 2. The molecular weight excluding hydrogens is 507 g/mol. The van der Waals surface area contributed by atoms with E-state index in [4.69, 9.17) is 9.47 Å². The van der Waals surface area contributed by atoms with Crippen molar-refractivity contribution in [1.29, 1.82) is 0 Å². The minimum atomic E-state index is -0.609. The van der Waals surface area contributed by atoms with Gasteiger partial charge in [0.2, 0.25) is 5.88 Å². The summed E-state index contributed by atoms with van der Waals surface area (Å²) in [6.07, 6.45) is 3.75. The molecule has 2 aromatic carbocycles. The molecule has 4 rings (SSSR count). The van der Waals surface area contributed by atoms with Gasteiger partial charge in [-0.3, -0.25) is 0 Å². The summed E-state index contributed by atoms with van der Waals surface area (Å²) in [5.41, 5.74) is 1.28. The standard InChI is InChI=1S/C32H41FN4O3/c1-22(2)20-37-17-14-23(15-18-37)21-39-24-12-13-27(26(33)19-24)35-31(38)36-28-10-8-16-34-30(28)40-29-11-7-6-9-25(29)32(3,4)5/h6-13,16,19,22-23H,14-15,17-18,20-21H2,1-5H3,(H2,35,36,38). The van der Waals surface area contributed by atoms with Crippen LogP contribution in [0, 0.1) is 17.7 Å². The van der Waals surface area contributed by atoms with Crippen LogP contribution in [0.1, 0.15) is 53.0 Å². The number of anilines is 2. The van der Waals surface area contributed by atoms with Gasteiger partial charge < -0.3 is 25.0 Å². The van der Waals surface area contributed by atoms with Crippen molar-refractivity contribution in [3.05, 3.63) is 72.2 Å². The van der Waals surface area contributed by atoms with Crippen molar-refractivity contribution in [3.63, 3.8) is 0 Å². The fourth-order valence-corrected chi connectivity index (χ4v) is 4.88. The van der Waals surface area contributed by atoms with Crippen molar-refractivity contribution < 1.29 is 18.7 Å². The summed E-state index contributed by atoms with van der Waals surface area (Å²) in [6, 6.07) is 15.0. The highest BCUT2D eigenvalue weighted by molar-refractivity contribution is 6.00. The molecule has 1 aromatic heterocycles. The average molecular weight is 549 g/mol. The van der Waals surface area contributed by atoms with Crippen LogP contribution in [-0.4, -0.2) is 42.2 Å². The fourth-order valence-electron chi connectivity index (χ4n) is 4.88. The molecule has 214 valence electrons. The lowest BCUT2D eigenvalue weighted by molar-refractivity contribution is 0.132. The van der Waals surface area contributed by atoms with Gasteiger partial charge in [0.15, 0.2) is 0 Å². The van der Waals surface area contributed by atoms with Crippen LogP contribution in [0.3, 0.4) is 0 Å². The Labute approximate surface area is 237 Å². The van der Waals surface area contributed by atoms with E-state index in [-0.39, 0.29) is 17.0 Å². The SMILES string of the molecule is CC(C)CN1CCC(COc2ccc(NC(=O)Nc3cccnc3Oc3ccccc3C(C)(C)C)c(F)c2)CC1. The van der Waals surface area contributed by atoms with Gasteiger partial charge in [0.25, 0.3) is 0 Å². The van der Waals surface area contributed by atoms with Crippen molar-refractivity contribution in [2.75, 3.05) is 36.9 Å². The fraction of sp³-hybridized carbons (Fsp3) is 0.438. The van der Waals surface area contributed by atoms with Crippen LogP contribution >= 0.6 is 0 Å². The van der Waals surface area contributed by atoms with Crippen LogP contribution in [0.4, 0.5) is 20.6 Å². The summed E-state index contributed by atoms with van der Waals surface area (Å²) >= 11 is 0. The first-order chi connectivity index (χ1) is 19.1. The highest BCUT2D eigenvalue weighted by Crippen LogP contribution is 2.35. The molecule has 1 aliphatic heterocycles. The van der Waals surface area contributed by atoms with Gasteiger partial charge in [0, 0.05) is 24.4 Å². The summed E-state index contributed by atoms with van der Waals surface area (Å²) < 4.78 is 26.8. The highest BCUT2D eigenvalue weighted by Gasteiger charge is 2.22. The Morgan fingerprint density at radius 1 is 1.05 bits per heavy atom. The zero-order valence-corrected chi connectivity index (χ0v) is 24.2. The number of rotatable bonds is 9. The van der Waals surface area contributed by atoms with Crippen LogP contribution in [0.2, 0.25) is 0 Å². The number of nitrogens with one attached hydrogen (secondary N) is 2. The number of carbonyl (C=O) groups is 1. The lowest BCUT2D eigenvalue weighted by Crippen LogP contribution is -2.37. The Morgan fingerprint density at radius 3 is 2.48 bits per heavy atom. The molecule has 40 heavy (non-hydrogen) atoms. The number of benzene rings is 2. The summed E-state index contributed by atoms with van der Waals surface area (Å²) in [7, 11) is 0. The second-order valence-electron chi connectivity index (χ2n) is 11.9. The number of likely N-dealkylation sites (tertiary alicyclic amines) is 1. The molecule has 1 saturated heterocycles. The molecule has 8 heteroatoms. The van der Waals surface area contributed by atoms with Gasteiger partial charge in [0.05, 0.1) is 12.3 Å². The monoisotopic (exact) mass is 548 g/mol. The number of ether oxygens (including phenoxy) is 2. The Morgan fingerprint density at radius 2 is 1.77 bits per heavy atom. The number of hydrogen-bond acceptors (Lipinski definition) is 5. The number of halogens is 1. The van der Waals surface area contributed by atoms with Crippen molar-refractivity contribution in [2.45, 2.75) is 52.9 Å². The van der Waals surface area contributed by atoms with E-state index in [1.54, 1.807) is 24.4 Å². The Kier molecular flexibility index (Phi) is 9.63. The number of amides is 2. The number of carbonyl (C=O) groups excluding carboxylic acids is 1. The maximum atomic E-state index is 14.8. The predicted molar refractivity (Wildman–Crippen MR) is 158 cm³/mol. The van der Waals surface area contributed by atoms with Gasteiger partial charge >= 0.3 is 6.03 Å². The quantitative estimate of drug-likeness (QED) is 0.287. The van der Waals surface area contributed by atoms with Crippen molar-refractivity contribution in [3.8, 4) is 17.4 Å². The van der Waals surface area contributed by atoms with E-state index >= 15 is 0 Å². The van der Waals surface area contributed by atoms with Crippen LogP contribution < -0.4 is 20.1 Å². The molecule has 1 aliphatic rings. The van der Waals surface area contributed by atoms with Crippen molar-refractivity contribution in [1.82, 2.24) is 9.88 Å². The number of para-hydroxylation sites is 1. The lowest BCUT2D eigenvalue weighted by atomic mass is 9.86. The molecule has 3 aromatic rings. The Balaban J connectivity index is 1.33. The van der Waals surface area contributed by atoms with Crippen LogP contribution in [0.5, 0.6) is 17.4 Å². The molecule has 2 amide bonds. The predicted octanol–water partition coefficient (Wildman–Crippen LogP) is 7.70. The van der Waals surface area contributed by atoms with Gasteiger partial charge in [-0.25, -0.2) is 14.2 Å². The number of piperidine rings is 1. The zero-order chi connectivity index (χ0) is 28.7. The Bertz CT molecular complexity index is 1280. The van der Waals surface area contributed by atoms with E-state index in [1.165, 1.54) is 12.1 Å². The zero-order valence-electron chi connectivity index (χ0n) is 24.2. The van der Waals surface area contributed by atoms with Crippen LogP contribution in [-0.2, 0) is 5.41 Å². The van der Waals surface area contributed by atoms with Crippen LogP contribution in [0.15, 0.2) is 60.8 Å². The first-order valence-corrected chi connectivity index (χ1v) is 14.0. The van der Waals surface area contributed by atoms with Gasteiger partial charge in [0.1, 0.15) is 23.0 Å². The van der Waals surface area contributed by atoms with Crippen LogP contribution in [0.25, 0.3) is 0 Å². The maximum absolute atomic E-state index is 14.8. The Hall–Kier alpha value is -3.65. The van der Waals surface area contributed by atoms with Gasteiger partial charge in [-0.15, -0.1) is 0 Å². The molecule has 7 nitrogen and oxygen atoms in total. The van der Waals surface area contributed by atoms with Gasteiger partial charge in [-0.05, 0) is 73.5 Å². The number of aromatic nitrogens is 1. The van der Waals surface area contributed by atoms with Gasteiger partial charge in [-0.2, -0.15) is 0 Å². The number of hydrogen-bond donors (Lipinski definition) is 2. The molecule has 0 unspecified atom stereocenters. The lowest BCUT2D eigenvalue weighted by Gasteiger charge is -2.32. The molecular formula is C32H41FN4O3. The summed E-state index contributed by atoms with van der Waals surface area (Å²) in [4.78, 5) is 19.6. The molecule has 1 fully saturated rings. The average Bonchev–Trinajstić information content (AvgIpc) is 2.90. The molecule has 0 saturated carbocycles. The summed E-state index contributed by atoms with van der Waals surface area (Å²) in [5.74, 6) is 1.91. The van der Waals surface area contributed by atoms with E-state index in [0.717, 1.165) is 38.0 Å². The first kappa shape index (κ1) is 29.3. The highest BCUT2D eigenvalue weighted by atomic mass is 19.1. The second kappa shape index (κ2) is 13.1. The summed E-state index contributed by atoms with van der Waals surface area (Å²) in [6.45, 7) is 14.6. The third-order valence-electron chi connectivity index (χ3n) is 6.93. The molecule has 0 bridgehead atoms. The third kappa shape index (κ3) is 8.18. The van der Waals surface area contributed by atoms with Crippen molar-refractivity contribution >= 4 is 17.4 Å². The van der Waals surface area contributed by atoms with E-state index in [1.807, 2.05) is 24.3 Å². The topological polar surface area (TPSA) is 75.7 Å². The normalized spacial score (nSPS) is 14.7. The number of urea groups is 1. The third-order valence-corrected chi connectivity index (χ3v) is 6.93. The molecule has 0 spiro atoms. The number of pyridine rings is 1. The first-order valence-electron chi connectivity index (χ1n) is 14.0. The molecule has 0 radical (unpaired) electrons.